The van der Waals surface area contributed by atoms with Gasteiger partial charge in [-0.05, 0) is 44.0 Å². The summed E-state index contributed by atoms with van der Waals surface area (Å²) in [6.07, 6.45) is 1.40. The Hall–Kier alpha value is -2.22. The first kappa shape index (κ1) is 17.1. The van der Waals surface area contributed by atoms with Crippen molar-refractivity contribution in [2.24, 2.45) is 0 Å². The van der Waals surface area contributed by atoms with Crippen molar-refractivity contribution in [2.45, 2.75) is 32.7 Å². The molecule has 0 aliphatic rings. The van der Waals surface area contributed by atoms with E-state index in [4.69, 9.17) is 0 Å². The van der Waals surface area contributed by atoms with Gasteiger partial charge in [0.05, 0.1) is 11.3 Å². The molecule has 0 saturated heterocycles. The molecular weight excluding hydrogens is 364 g/mol. The molecule has 0 aliphatic heterocycles. The van der Waals surface area contributed by atoms with Gasteiger partial charge in [0.1, 0.15) is 11.0 Å². The minimum absolute atomic E-state index is 0.0445. The van der Waals surface area contributed by atoms with Crippen LogP contribution in [0.4, 0.5) is 11.5 Å². The van der Waals surface area contributed by atoms with Gasteiger partial charge in [0.2, 0.25) is 5.91 Å². The molecule has 8 heteroatoms. The summed E-state index contributed by atoms with van der Waals surface area (Å²) in [5.41, 5.74) is 1.88. The Morgan fingerprint density at radius 3 is 2.43 bits per heavy atom. The summed E-state index contributed by atoms with van der Waals surface area (Å²) in [5, 5.41) is 17.2. The van der Waals surface area contributed by atoms with Crippen LogP contribution in [0.1, 0.15) is 26.3 Å². The number of carbonyl (C=O) groups is 1. The highest BCUT2D eigenvalue weighted by atomic mass is 79.9. The maximum atomic E-state index is 12.0. The van der Waals surface area contributed by atoms with E-state index < -0.39 is 4.92 Å². The Morgan fingerprint density at radius 2 is 1.96 bits per heavy atom. The van der Waals surface area contributed by atoms with E-state index in [1.807, 2.05) is 24.3 Å². The third-order valence-electron chi connectivity index (χ3n) is 3.21. The van der Waals surface area contributed by atoms with Gasteiger partial charge in [-0.2, -0.15) is 4.68 Å². The van der Waals surface area contributed by atoms with Gasteiger partial charge in [0, 0.05) is 5.69 Å². The Labute approximate surface area is 142 Å². The van der Waals surface area contributed by atoms with E-state index in [2.05, 4.69) is 47.1 Å². The summed E-state index contributed by atoms with van der Waals surface area (Å²) in [5.74, 6) is -0.620. The van der Waals surface area contributed by atoms with Crippen LogP contribution in [0.5, 0.6) is 0 Å². The fourth-order valence-corrected chi connectivity index (χ4v) is 2.45. The van der Waals surface area contributed by atoms with Crippen molar-refractivity contribution in [1.82, 2.24) is 9.78 Å². The summed E-state index contributed by atoms with van der Waals surface area (Å²) < 4.78 is 1.46. The molecule has 1 N–H and O–H groups in total. The molecule has 0 unspecified atom stereocenters. The number of rotatable bonds is 4. The largest absolute Gasteiger partial charge is 0.404 e. The third kappa shape index (κ3) is 4.38. The van der Waals surface area contributed by atoms with Gasteiger partial charge in [0.15, 0.2) is 0 Å². The first-order chi connectivity index (χ1) is 10.7. The summed E-state index contributed by atoms with van der Waals surface area (Å²) in [4.78, 5) is 22.1. The zero-order valence-corrected chi connectivity index (χ0v) is 14.6. The van der Waals surface area contributed by atoms with Crippen LogP contribution in [0, 0.1) is 10.1 Å². The lowest BCUT2D eigenvalue weighted by molar-refractivity contribution is -0.390. The lowest BCUT2D eigenvalue weighted by Crippen LogP contribution is -2.19. The number of nitrogens with one attached hydrogen (secondary N) is 1. The van der Waals surface area contributed by atoms with Crippen molar-refractivity contribution in [3.63, 3.8) is 0 Å². The van der Waals surface area contributed by atoms with Crippen LogP contribution in [-0.2, 0) is 16.8 Å². The summed E-state index contributed by atoms with van der Waals surface area (Å²) in [7, 11) is 0. The van der Waals surface area contributed by atoms with Gasteiger partial charge in [-0.25, -0.2) is 0 Å². The molecule has 7 nitrogen and oxygen atoms in total. The van der Waals surface area contributed by atoms with Crippen LogP contribution in [0.25, 0.3) is 0 Å². The van der Waals surface area contributed by atoms with Crippen molar-refractivity contribution in [2.75, 3.05) is 5.32 Å². The highest BCUT2D eigenvalue weighted by molar-refractivity contribution is 9.10. The number of nitro groups is 1. The molecule has 0 aliphatic carbocycles. The number of anilines is 1. The summed E-state index contributed by atoms with van der Waals surface area (Å²) in [6, 6.07) is 7.59. The topological polar surface area (TPSA) is 90.1 Å². The number of carbonyl (C=O) groups excluding carboxylic acids is 1. The molecule has 1 aromatic carbocycles. The number of amides is 1. The lowest BCUT2D eigenvalue weighted by atomic mass is 9.87. The first-order valence-electron chi connectivity index (χ1n) is 6.94. The number of hydrogen-bond donors (Lipinski definition) is 1. The Kier molecular flexibility index (Phi) is 4.84. The highest BCUT2D eigenvalue weighted by Gasteiger charge is 2.20. The maximum absolute atomic E-state index is 12.0. The minimum Gasteiger partial charge on any atom is -0.358 e. The number of nitrogens with zero attached hydrogens (tertiary/aromatic N) is 3. The fourth-order valence-electron chi connectivity index (χ4n) is 1.99. The van der Waals surface area contributed by atoms with E-state index in [1.165, 1.54) is 16.4 Å². The Morgan fingerprint density at radius 1 is 1.35 bits per heavy atom. The molecule has 0 fully saturated rings. The van der Waals surface area contributed by atoms with Crippen molar-refractivity contribution in [1.29, 1.82) is 0 Å². The standard InChI is InChI=1S/C15H17BrN4O3/c1-15(2,3)10-4-6-11(7-5-10)17-13(21)9-19-8-12(16)14(18-19)20(22)23/h4-8H,9H2,1-3H3,(H,17,21). The van der Waals surface area contributed by atoms with E-state index >= 15 is 0 Å². The molecule has 1 heterocycles. The predicted molar refractivity (Wildman–Crippen MR) is 90.4 cm³/mol. The number of hydrogen-bond acceptors (Lipinski definition) is 4. The molecular formula is C15H17BrN4O3. The molecule has 0 atom stereocenters. The van der Waals surface area contributed by atoms with E-state index in [0.29, 0.717) is 5.69 Å². The summed E-state index contributed by atoms with van der Waals surface area (Å²) in [6.45, 7) is 6.24. The van der Waals surface area contributed by atoms with Crippen molar-refractivity contribution < 1.29 is 9.72 Å². The average Bonchev–Trinajstić information content (AvgIpc) is 2.79. The third-order valence-corrected chi connectivity index (χ3v) is 3.77. The van der Waals surface area contributed by atoms with Crippen LogP contribution >= 0.6 is 15.9 Å². The van der Waals surface area contributed by atoms with E-state index in [1.54, 1.807) is 0 Å². The average molecular weight is 381 g/mol. The number of benzene rings is 1. The fraction of sp³-hybridized carbons (Fsp3) is 0.333. The highest BCUT2D eigenvalue weighted by Crippen LogP contribution is 2.24. The van der Waals surface area contributed by atoms with Gasteiger partial charge in [-0.3, -0.25) is 4.79 Å². The number of halogens is 1. The van der Waals surface area contributed by atoms with Gasteiger partial charge >= 0.3 is 5.82 Å². The van der Waals surface area contributed by atoms with Crippen LogP contribution in [-0.4, -0.2) is 20.6 Å². The predicted octanol–water partition coefficient (Wildman–Crippen LogP) is 3.49. The second kappa shape index (κ2) is 6.49. The van der Waals surface area contributed by atoms with Crippen LogP contribution in [0.3, 0.4) is 0 Å². The SMILES string of the molecule is CC(C)(C)c1ccc(NC(=O)Cn2cc(Br)c([N+](=O)[O-])n2)cc1. The van der Waals surface area contributed by atoms with Crippen LogP contribution in [0.2, 0.25) is 0 Å². The molecule has 122 valence electrons. The second-order valence-corrected chi connectivity index (χ2v) is 6.99. The molecule has 0 saturated carbocycles. The monoisotopic (exact) mass is 380 g/mol. The smallest absolute Gasteiger partial charge is 0.358 e. The van der Waals surface area contributed by atoms with Crippen molar-refractivity contribution in [3.8, 4) is 0 Å². The zero-order chi connectivity index (χ0) is 17.2. The second-order valence-electron chi connectivity index (χ2n) is 6.13. The Bertz CT molecular complexity index is 732. The zero-order valence-electron chi connectivity index (χ0n) is 13.0. The maximum Gasteiger partial charge on any atom is 0.404 e. The first-order valence-corrected chi connectivity index (χ1v) is 7.74. The Balaban J connectivity index is 2.02. The van der Waals surface area contributed by atoms with Gasteiger partial charge in [-0.1, -0.05) is 32.9 Å². The van der Waals surface area contributed by atoms with E-state index in [9.17, 15) is 14.9 Å². The van der Waals surface area contributed by atoms with Crippen LogP contribution in [0.15, 0.2) is 34.9 Å². The number of aromatic nitrogens is 2. The molecule has 23 heavy (non-hydrogen) atoms. The van der Waals surface area contributed by atoms with Gasteiger partial charge < -0.3 is 15.4 Å². The van der Waals surface area contributed by atoms with Gasteiger partial charge in [-0.15, -0.1) is 0 Å². The molecule has 1 aromatic heterocycles. The van der Waals surface area contributed by atoms with E-state index in [-0.39, 0.29) is 28.2 Å². The minimum atomic E-state index is -0.607. The van der Waals surface area contributed by atoms with Crippen molar-refractivity contribution >= 4 is 33.3 Å². The molecule has 0 bridgehead atoms. The van der Waals surface area contributed by atoms with Crippen molar-refractivity contribution in [3.05, 3.63) is 50.6 Å². The summed E-state index contributed by atoms with van der Waals surface area (Å²) >= 11 is 3.04. The van der Waals surface area contributed by atoms with E-state index in [0.717, 1.165) is 0 Å². The molecule has 0 radical (unpaired) electrons. The van der Waals surface area contributed by atoms with Gasteiger partial charge in [0.25, 0.3) is 0 Å². The molecule has 2 aromatic rings. The normalized spacial score (nSPS) is 11.3. The molecule has 2 rings (SSSR count). The van der Waals surface area contributed by atoms with Crippen LogP contribution < -0.4 is 5.32 Å². The molecule has 0 spiro atoms. The quantitative estimate of drug-likeness (QED) is 0.649. The molecule has 1 amide bonds. The lowest BCUT2D eigenvalue weighted by Gasteiger charge is -2.19.